The first-order valence-corrected chi connectivity index (χ1v) is 27.2. The van der Waals surface area contributed by atoms with Gasteiger partial charge in [0.05, 0.1) is 44.5 Å². The van der Waals surface area contributed by atoms with Gasteiger partial charge in [0, 0.05) is 66.1 Å². The van der Waals surface area contributed by atoms with Gasteiger partial charge in [0.25, 0.3) is 0 Å². The lowest BCUT2D eigenvalue weighted by Gasteiger charge is -2.16. The number of hydrogen-bond donors (Lipinski definition) is 0. The van der Waals surface area contributed by atoms with Gasteiger partial charge in [-0.3, -0.25) is 0 Å². The molecule has 0 fully saturated rings. The Balaban J connectivity index is 0.800. The fourth-order valence-corrected chi connectivity index (χ4v) is 12.7. The van der Waals surface area contributed by atoms with Gasteiger partial charge in [-0.2, -0.15) is 0 Å². The summed E-state index contributed by atoms with van der Waals surface area (Å²) in [5.41, 5.74) is 25.0. The van der Waals surface area contributed by atoms with Gasteiger partial charge in [-0.1, -0.05) is 170 Å². The SMILES string of the molecule is Cc1ccccc1-c1cc(-c2c(C)cc(-c3ccc(-c4ccc(-n5c6ccc(-n7c8ccccc8c8ccccc87)cc6c6cc(-n7c8ccccc8c8ccccc87)ccc65)cc4)cc3)cc2C)nc(-c2ccccc2C)n1. The lowest BCUT2D eigenvalue weighted by molar-refractivity contribution is 1.16. The predicted octanol–water partition coefficient (Wildman–Crippen LogP) is 19.3. The first-order valence-electron chi connectivity index (χ1n) is 27.2. The highest BCUT2D eigenvalue weighted by Crippen LogP contribution is 2.41. The summed E-state index contributed by atoms with van der Waals surface area (Å²) in [4.78, 5) is 10.4. The summed E-state index contributed by atoms with van der Waals surface area (Å²) < 4.78 is 7.28. The molecule has 0 N–H and O–H groups in total. The Morgan fingerprint density at radius 2 is 0.608 bits per heavy atom. The molecule has 5 nitrogen and oxygen atoms in total. The van der Waals surface area contributed by atoms with Crippen LogP contribution >= 0.6 is 0 Å². The fourth-order valence-electron chi connectivity index (χ4n) is 12.7. The van der Waals surface area contributed by atoms with E-state index in [-0.39, 0.29) is 0 Å². The first-order chi connectivity index (χ1) is 38.8. The van der Waals surface area contributed by atoms with E-state index in [2.05, 4.69) is 290 Å². The number of fused-ring (bicyclic) bond motifs is 9. The van der Waals surface area contributed by atoms with Crippen LogP contribution in [-0.2, 0) is 0 Å². The molecule has 0 bridgehead atoms. The summed E-state index contributed by atoms with van der Waals surface area (Å²) in [6, 6.07) is 90.8. The minimum Gasteiger partial charge on any atom is -0.309 e. The molecule has 0 saturated heterocycles. The molecule has 5 heteroatoms. The molecule has 0 aliphatic carbocycles. The maximum atomic E-state index is 5.26. The van der Waals surface area contributed by atoms with Gasteiger partial charge in [-0.15, -0.1) is 0 Å². The van der Waals surface area contributed by atoms with Crippen molar-refractivity contribution in [3.05, 3.63) is 271 Å². The van der Waals surface area contributed by atoms with Gasteiger partial charge in [0.1, 0.15) is 0 Å². The summed E-state index contributed by atoms with van der Waals surface area (Å²) in [6.07, 6.45) is 0. The van der Waals surface area contributed by atoms with E-state index >= 15 is 0 Å². The molecular formula is C74H53N5. The average molecular weight is 1010 g/mol. The normalized spacial score (nSPS) is 11.8. The third-order valence-corrected chi connectivity index (χ3v) is 16.4. The van der Waals surface area contributed by atoms with Crippen molar-refractivity contribution in [1.82, 2.24) is 23.7 Å². The van der Waals surface area contributed by atoms with Crippen molar-refractivity contribution in [2.75, 3.05) is 0 Å². The van der Waals surface area contributed by atoms with Crippen molar-refractivity contribution < 1.29 is 0 Å². The molecule has 0 aliphatic rings. The molecule has 11 aromatic carbocycles. The van der Waals surface area contributed by atoms with E-state index in [4.69, 9.17) is 9.97 Å². The van der Waals surface area contributed by atoms with Crippen molar-refractivity contribution in [1.29, 1.82) is 0 Å². The third kappa shape index (κ3) is 7.53. The van der Waals surface area contributed by atoms with Crippen LogP contribution in [0.1, 0.15) is 22.3 Å². The zero-order chi connectivity index (χ0) is 52.9. The Kier molecular flexibility index (Phi) is 10.7. The Labute approximate surface area is 458 Å². The molecule has 4 aromatic heterocycles. The molecule has 374 valence electrons. The van der Waals surface area contributed by atoms with Gasteiger partial charge < -0.3 is 13.7 Å². The van der Waals surface area contributed by atoms with Crippen LogP contribution in [0.4, 0.5) is 0 Å². The van der Waals surface area contributed by atoms with Crippen LogP contribution in [0.2, 0.25) is 0 Å². The second kappa shape index (κ2) is 18.3. The molecule has 15 rings (SSSR count). The molecule has 79 heavy (non-hydrogen) atoms. The topological polar surface area (TPSA) is 40.6 Å². The molecule has 15 aromatic rings. The minimum atomic E-state index is 0.741. The maximum absolute atomic E-state index is 5.26. The number of nitrogens with zero attached hydrogens (tertiary/aromatic N) is 5. The van der Waals surface area contributed by atoms with Crippen LogP contribution in [0.5, 0.6) is 0 Å². The minimum absolute atomic E-state index is 0.741. The Bertz CT molecular complexity index is 4570. The second-order valence-corrected chi connectivity index (χ2v) is 21.2. The van der Waals surface area contributed by atoms with Crippen LogP contribution in [0, 0.1) is 27.7 Å². The van der Waals surface area contributed by atoms with Crippen molar-refractivity contribution >= 4 is 65.4 Å². The highest BCUT2D eigenvalue weighted by Gasteiger charge is 2.21. The van der Waals surface area contributed by atoms with Crippen molar-refractivity contribution in [3.8, 4) is 73.2 Å². The van der Waals surface area contributed by atoms with Crippen LogP contribution in [0.15, 0.2) is 249 Å². The van der Waals surface area contributed by atoms with Crippen LogP contribution < -0.4 is 0 Å². The Morgan fingerprint density at radius 1 is 0.253 bits per heavy atom. The van der Waals surface area contributed by atoms with E-state index in [1.807, 2.05) is 0 Å². The Hall–Kier alpha value is -10.1. The third-order valence-electron chi connectivity index (χ3n) is 16.4. The van der Waals surface area contributed by atoms with E-state index < -0.39 is 0 Å². The van der Waals surface area contributed by atoms with Crippen molar-refractivity contribution in [3.63, 3.8) is 0 Å². The molecule has 0 spiro atoms. The highest BCUT2D eigenvalue weighted by molar-refractivity contribution is 6.14. The Morgan fingerprint density at radius 3 is 1.08 bits per heavy atom. The molecule has 0 saturated carbocycles. The van der Waals surface area contributed by atoms with Crippen molar-refractivity contribution in [2.45, 2.75) is 27.7 Å². The molecule has 0 amide bonds. The van der Waals surface area contributed by atoms with Crippen LogP contribution in [0.3, 0.4) is 0 Å². The summed E-state index contributed by atoms with van der Waals surface area (Å²) in [5.74, 6) is 0.741. The summed E-state index contributed by atoms with van der Waals surface area (Å²) >= 11 is 0. The van der Waals surface area contributed by atoms with E-state index in [1.165, 1.54) is 93.3 Å². The van der Waals surface area contributed by atoms with Crippen LogP contribution in [0.25, 0.3) is 139 Å². The molecule has 0 unspecified atom stereocenters. The molecule has 0 atom stereocenters. The lowest BCUT2D eigenvalue weighted by Crippen LogP contribution is -2.00. The number of benzene rings is 11. The van der Waals surface area contributed by atoms with Gasteiger partial charge in [-0.05, 0) is 151 Å². The molecule has 0 aliphatic heterocycles. The fraction of sp³-hybridized carbons (Fsp3) is 0.0541. The van der Waals surface area contributed by atoms with Gasteiger partial charge >= 0.3 is 0 Å². The number of hydrogen-bond acceptors (Lipinski definition) is 2. The van der Waals surface area contributed by atoms with E-state index in [1.54, 1.807) is 0 Å². The predicted molar refractivity (Wildman–Crippen MR) is 331 cm³/mol. The lowest BCUT2D eigenvalue weighted by atomic mass is 9.92. The maximum Gasteiger partial charge on any atom is 0.160 e. The van der Waals surface area contributed by atoms with E-state index in [0.717, 1.165) is 67.6 Å². The monoisotopic (exact) mass is 1010 g/mol. The largest absolute Gasteiger partial charge is 0.309 e. The zero-order valence-corrected chi connectivity index (χ0v) is 44.4. The number of aryl methyl sites for hydroxylation is 4. The van der Waals surface area contributed by atoms with E-state index in [9.17, 15) is 0 Å². The summed E-state index contributed by atoms with van der Waals surface area (Å²) in [7, 11) is 0. The van der Waals surface area contributed by atoms with Gasteiger partial charge in [0.2, 0.25) is 0 Å². The van der Waals surface area contributed by atoms with Crippen LogP contribution in [-0.4, -0.2) is 23.7 Å². The number of rotatable bonds is 8. The standard InChI is InChI=1S/C74H53N5/c1-46-17-5-7-19-57(46)65-45-66(76-74(75-65)58-20-8-6-18-47(58)2)73-48(3)41-53(42-49(73)4)52-31-29-50(30-32-52)51-33-35-54(36-34-51)77-71-39-37-55(78-67-25-13-9-21-59(67)60-22-10-14-26-68(60)78)43-63(71)64-44-56(38-40-72(64)77)79-69-27-15-11-23-61(69)62-24-12-16-28-70(62)79/h5-45H,1-4H3. The highest BCUT2D eigenvalue weighted by atomic mass is 15.0. The zero-order valence-electron chi connectivity index (χ0n) is 44.4. The van der Waals surface area contributed by atoms with Crippen molar-refractivity contribution in [2.24, 2.45) is 0 Å². The quantitative estimate of drug-likeness (QED) is 0.152. The van der Waals surface area contributed by atoms with E-state index in [0.29, 0.717) is 0 Å². The molecule has 4 heterocycles. The number of aromatic nitrogens is 5. The molecule has 0 radical (unpaired) electrons. The second-order valence-electron chi connectivity index (χ2n) is 21.2. The van der Waals surface area contributed by atoms with Gasteiger partial charge in [0.15, 0.2) is 5.82 Å². The van der Waals surface area contributed by atoms with Gasteiger partial charge in [-0.25, -0.2) is 9.97 Å². The molecular weight excluding hydrogens is 959 g/mol. The average Bonchev–Trinajstić information content (AvgIpc) is 4.18. The summed E-state index contributed by atoms with van der Waals surface area (Å²) in [6.45, 7) is 8.69. The first kappa shape index (κ1) is 46.2. The number of para-hydroxylation sites is 4. The summed E-state index contributed by atoms with van der Waals surface area (Å²) in [5, 5.41) is 7.41. The smallest absolute Gasteiger partial charge is 0.160 e.